The van der Waals surface area contributed by atoms with Crippen LogP contribution in [-0.4, -0.2) is 15.5 Å². The Hall–Kier alpha value is -1.31. The summed E-state index contributed by atoms with van der Waals surface area (Å²) in [6.07, 6.45) is 0. The summed E-state index contributed by atoms with van der Waals surface area (Å²) < 4.78 is 32.9. The highest BCUT2D eigenvalue weighted by molar-refractivity contribution is 9.10. The second-order valence-corrected chi connectivity index (χ2v) is 6.81. The van der Waals surface area contributed by atoms with Crippen LogP contribution in [0.3, 0.4) is 0 Å². The third kappa shape index (κ3) is 3.41. The highest BCUT2D eigenvalue weighted by atomic mass is 79.9. The first-order valence-electron chi connectivity index (χ1n) is 5.94. The van der Waals surface area contributed by atoms with E-state index in [0.29, 0.717) is 22.5 Å². The van der Waals surface area contributed by atoms with Crippen LogP contribution in [0, 0.1) is 6.92 Å². The van der Waals surface area contributed by atoms with Gasteiger partial charge in [-0.05, 0) is 59.7 Å². The number of benzene rings is 1. The molecule has 1 aromatic carbocycles. The van der Waals surface area contributed by atoms with E-state index in [1.807, 2.05) is 19.1 Å². The molecule has 2 N–H and O–H groups in total. The van der Waals surface area contributed by atoms with Crippen LogP contribution in [0.5, 0.6) is 0 Å². The topological polar surface area (TPSA) is 71.3 Å². The molecule has 1 heterocycles. The molecule has 0 saturated carbocycles. The molecule has 5 nitrogen and oxygen atoms in total. The fourth-order valence-corrected chi connectivity index (χ4v) is 3.43. The van der Waals surface area contributed by atoms with Crippen LogP contribution in [0.25, 0.3) is 0 Å². The van der Waals surface area contributed by atoms with E-state index in [-0.39, 0.29) is 5.09 Å². The van der Waals surface area contributed by atoms with Gasteiger partial charge >= 0.3 is 0 Å². The van der Waals surface area contributed by atoms with Crippen LogP contribution in [0.2, 0.25) is 0 Å². The Bertz CT molecular complexity index is 710. The fourth-order valence-electron chi connectivity index (χ4n) is 1.67. The van der Waals surface area contributed by atoms with Crippen LogP contribution in [0.1, 0.15) is 11.3 Å². The van der Waals surface area contributed by atoms with Crippen molar-refractivity contribution in [3.63, 3.8) is 0 Å². The van der Waals surface area contributed by atoms with Gasteiger partial charge in [0.2, 0.25) is 5.09 Å². The normalized spacial score (nSPS) is 11.6. The summed E-state index contributed by atoms with van der Waals surface area (Å²) in [6, 6.07) is 8.45. The van der Waals surface area contributed by atoms with Crippen LogP contribution in [0.4, 0.5) is 5.69 Å². The molecule has 108 valence electrons. The first-order valence-corrected chi connectivity index (χ1v) is 8.22. The minimum atomic E-state index is -3.72. The van der Waals surface area contributed by atoms with Gasteiger partial charge in [-0.1, -0.05) is 6.07 Å². The summed E-state index contributed by atoms with van der Waals surface area (Å²) in [5, 5.41) is 2.80. The lowest BCUT2D eigenvalue weighted by atomic mass is 10.2. The molecule has 0 aliphatic heterocycles. The average Bonchev–Trinajstić information content (AvgIpc) is 2.83. The Morgan fingerprint density at radius 3 is 2.65 bits per heavy atom. The van der Waals surface area contributed by atoms with Crippen molar-refractivity contribution in [3.05, 3.63) is 46.1 Å². The van der Waals surface area contributed by atoms with Gasteiger partial charge in [-0.15, -0.1) is 0 Å². The number of nitrogens with one attached hydrogen (secondary N) is 2. The minimum absolute atomic E-state index is 0.102. The molecule has 0 bridgehead atoms. The largest absolute Gasteiger partial charge is 0.446 e. The first-order chi connectivity index (χ1) is 9.42. The highest BCUT2D eigenvalue weighted by Crippen LogP contribution is 2.26. The van der Waals surface area contributed by atoms with Gasteiger partial charge in [0.05, 0.1) is 12.2 Å². The van der Waals surface area contributed by atoms with Crippen molar-refractivity contribution >= 4 is 31.6 Å². The van der Waals surface area contributed by atoms with Crippen LogP contribution < -0.4 is 10.0 Å². The number of furan rings is 1. The number of hydrogen-bond donors (Lipinski definition) is 2. The summed E-state index contributed by atoms with van der Waals surface area (Å²) in [6.45, 7) is 2.41. The predicted octanol–water partition coefficient (Wildman–Crippen LogP) is 2.87. The van der Waals surface area contributed by atoms with Crippen molar-refractivity contribution in [1.29, 1.82) is 0 Å². The molecule has 0 fully saturated rings. The molecule has 0 aliphatic rings. The zero-order valence-electron chi connectivity index (χ0n) is 11.1. The van der Waals surface area contributed by atoms with Crippen molar-refractivity contribution in [2.45, 2.75) is 18.6 Å². The molecule has 0 spiro atoms. The van der Waals surface area contributed by atoms with Gasteiger partial charge in [0.1, 0.15) is 5.76 Å². The number of anilines is 1. The van der Waals surface area contributed by atoms with E-state index in [1.54, 1.807) is 19.2 Å². The number of hydrogen-bond acceptors (Lipinski definition) is 4. The third-order valence-electron chi connectivity index (χ3n) is 2.62. The summed E-state index contributed by atoms with van der Waals surface area (Å²) in [4.78, 5) is 0. The Kier molecular flexibility index (Phi) is 4.52. The number of sulfonamides is 1. The lowest BCUT2D eigenvalue weighted by Crippen LogP contribution is -2.12. The van der Waals surface area contributed by atoms with E-state index >= 15 is 0 Å². The molecular formula is C13H15BrN2O3S. The minimum Gasteiger partial charge on any atom is -0.446 e. The standard InChI is InChI=1S/C13H15BrN2O3S/c1-9-3-5-12(11(14)7-9)16-20(17,18)13-6-4-10(19-13)8-15-2/h3-7,15-16H,8H2,1-2H3. The highest BCUT2D eigenvalue weighted by Gasteiger charge is 2.19. The van der Waals surface area contributed by atoms with Crippen molar-refractivity contribution in [1.82, 2.24) is 5.32 Å². The van der Waals surface area contributed by atoms with Gasteiger partial charge in [-0.3, -0.25) is 4.72 Å². The third-order valence-corrected chi connectivity index (χ3v) is 4.52. The lowest BCUT2D eigenvalue weighted by Gasteiger charge is -2.08. The Morgan fingerprint density at radius 1 is 1.25 bits per heavy atom. The quantitative estimate of drug-likeness (QED) is 0.861. The first kappa shape index (κ1) is 15.1. The molecule has 0 radical (unpaired) electrons. The molecule has 0 atom stereocenters. The van der Waals surface area contributed by atoms with Gasteiger partial charge < -0.3 is 9.73 Å². The van der Waals surface area contributed by atoms with E-state index in [4.69, 9.17) is 4.42 Å². The Labute approximate surface area is 126 Å². The molecule has 20 heavy (non-hydrogen) atoms. The number of halogens is 1. The number of rotatable bonds is 5. The van der Waals surface area contributed by atoms with Crippen LogP contribution in [-0.2, 0) is 16.6 Å². The molecule has 7 heteroatoms. The molecule has 2 aromatic rings. The maximum absolute atomic E-state index is 12.2. The van der Waals surface area contributed by atoms with Crippen LogP contribution >= 0.6 is 15.9 Å². The zero-order valence-corrected chi connectivity index (χ0v) is 13.5. The summed E-state index contributed by atoms with van der Waals surface area (Å²) in [7, 11) is -1.96. The SMILES string of the molecule is CNCc1ccc(S(=O)(=O)Nc2ccc(C)cc2Br)o1. The van der Waals surface area contributed by atoms with E-state index in [0.717, 1.165) is 5.56 Å². The fraction of sp³-hybridized carbons (Fsp3) is 0.231. The average molecular weight is 359 g/mol. The van der Waals surface area contributed by atoms with Gasteiger partial charge in [-0.2, -0.15) is 8.42 Å². The molecule has 2 rings (SSSR count). The van der Waals surface area contributed by atoms with E-state index in [1.165, 1.54) is 6.07 Å². The smallest absolute Gasteiger partial charge is 0.295 e. The predicted molar refractivity (Wildman–Crippen MR) is 81.2 cm³/mol. The van der Waals surface area contributed by atoms with Crippen molar-refractivity contribution in [2.75, 3.05) is 11.8 Å². The van der Waals surface area contributed by atoms with E-state index < -0.39 is 10.0 Å². The Balaban J connectivity index is 2.26. The van der Waals surface area contributed by atoms with Gasteiger partial charge in [0.25, 0.3) is 10.0 Å². The van der Waals surface area contributed by atoms with Gasteiger partial charge in [0, 0.05) is 4.47 Å². The van der Waals surface area contributed by atoms with Crippen molar-refractivity contribution in [2.24, 2.45) is 0 Å². The molecule has 0 saturated heterocycles. The van der Waals surface area contributed by atoms with Gasteiger partial charge in [-0.25, -0.2) is 0 Å². The summed E-state index contributed by atoms with van der Waals surface area (Å²) in [5.41, 5.74) is 1.51. The summed E-state index contributed by atoms with van der Waals surface area (Å²) in [5.74, 6) is 0.566. The van der Waals surface area contributed by atoms with E-state index in [2.05, 4.69) is 26.0 Å². The molecule has 0 unspecified atom stereocenters. The zero-order chi connectivity index (χ0) is 14.8. The second-order valence-electron chi connectivity index (χ2n) is 4.34. The summed E-state index contributed by atoms with van der Waals surface area (Å²) >= 11 is 3.33. The van der Waals surface area contributed by atoms with Crippen molar-refractivity contribution in [3.8, 4) is 0 Å². The van der Waals surface area contributed by atoms with Crippen molar-refractivity contribution < 1.29 is 12.8 Å². The van der Waals surface area contributed by atoms with Crippen LogP contribution in [0.15, 0.2) is 44.3 Å². The molecular weight excluding hydrogens is 344 g/mol. The molecule has 1 aromatic heterocycles. The second kappa shape index (κ2) is 5.99. The number of aryl methyl sites for hydroxylation is 1. The lowest BCUT2D eigenvalue weighted by molar-refractivity contribution is 0.408. The monoisotopic (exact) mass is 358 g/mol. The van der Waals surface area contributed by atoms with E-state index in [9.17, 15) is 8.42 Å². The van der Waals surface area contributed by atoms with Gasteiger partial charge in [0.15, 0.2) is 0 Å². The molecule has 0 aliphatic carbocycles. The maximum Gasteiger partial charge on any atom is 0.295 e. The Morgan fingerprint density at radius 2 is 2.00 bits per heavy atom. The molecule has 0 amide bonds. The maximum atomic E-state index is 12.2.